The Labute approximate surface area is 108 Å². The van der Waals surface area contributed by atoms with Gasteiger partial charge in [0.1, 0.15) is 0 Å². The smallest absolute Gasteiger partial charge is 0.315 e. The lowest BCUT2D eigenvalue weighted by Gasteiger charge is -2.39. The maximum Gasteiger partial charge on any atom is 0.315 e. The molecule has 2 aliphatic rings. The highest BCUT2D eigenvalue weighted by Gasteiger charge is 2.30. The number of rotatable bonds is 2. The van der Waals surface area contributed by atoms with Gasteiger partial charge in [0.05, 0.1) is 6.04 Å². The number of carbonyl (C=O) groups excluding carboxylic acids is 2. The highest BCUT2D eigenvalue weighted by Crippen LogP contribution is 2.23. The maximum absolute atomic E-state index is 11.7. The van der Waals surface area contributed by atoms with Gasteiger partial charge in [-0.25, -0.2) is 4.79 Å². The first kappa shape index (κ1) is 13.2. The Balaban J connectivity index is 1.63. The van der Waals surface area contributed by atoms with Crippen molar-refractivity contribution in [2.45, 2.75) is 51.6 Å². The molecule has 18 heavy (non-hydrogen) atoms. The van der Waals surface area contributed by atoms with Gasteiger partial charge in [0.2, 0.25) is 5.91 Å². The minimum atomic E-state index is -0.0808. The fourth-order valence-corrected chi connectivity index (χ4v) is 2.64. The monoisotopic (exact) mass is 253 g/mol. The zero-order valence-electron chi connectivity index (χ0n) is 11.2. The van der Waals surface area contributed by atoms with Gasteiger partial charge in [0.25, 0.3) is 0 Å². The summed E-state index contributed by atoms with van der Waals surface area (Å²) in [7, 11) is 0. The van der Waals surface area contributed by atoms with Gasteiger partial charge < -0.3 is 15.5 Å². The van der Waals surface area contributed by atoms with Crippen molar-refractivity contribution in [1.82, 2.24) is 15.5 Å². The number of likely N-dealkylation sites (tertiary alicyclic amines) is 1. The summed E-state index contributed by atoms with van der Waals surface area (Å²) >= 11 is 0. The summed E-state index contributed by atoms with van der Waals surface area (Å²) in [6.07, 6.45) is 4.57. The van der Waals surface area contributed by atoms with E-state index in [1.54, 1.807) is 11.8 Å². The SMILES string of the molecule is CC(=O)N1CC(NC(=O)NC2CCC(C)CC2)C1. The van der Waals surface area contributed by atoms with Crippen LogP contribution in [0.15, 0.2) is 0 Å². The fourth-order valence-electron chi connectivity index (χ4n) is 2.64. The Kier molecular flexibility index (Phi) is 4.09. The Bertz CT molecular complexity index is 318. The molecule has 102 valence electrons. The molecule has 1 heterocycles. The summed E-state index contributed by atoms with van der Waals surface area (Å²) in [5.74, 6) is 0.872. The van der Waals surface area contributed by atoms with Crippen LogP contribution in [0.2, 0.25) is 0 Å². The molecule has 0 aromatic carbocycles. The number of hydrogen-bond donors (Lipinski definition) is 2. The van der Waals surface area contributed by atoms with Crippen LogP contribution in [0.1, 0.15) is 39.5 Å². The Morgan fingerprint density at radius 2 is 1.56 bits per heavy atom. The molecule has 0 spiro atoms. The molecule has 0 bridgehead atoms. The van der Waals surface area contributed by atoms with Crippen molar-refractivity contribution in [2.24, 2.45) is 5.92 Å². The van der Waals surface area contributed by atoms with E-state index in [4.69, 9.17) is 0 Å². The third-order valence-corrected chi connectivity index (χ3v) is 4.01. The molecule has 5 heteroatoms. The van der Waals surface area contributed by atoms with Gasteiger partial charge in [-0.05, 0) is 31.6 Å². The van der Waals surface area contributed by atoms with Crippen molar-refractivity contribution in [1.29, 1.82) is 0 Å². The molecule has 0 aromatic heterocycles. The lowest BCUT2D eigenvalue weighted by Crippen LogP contribution is -2.62. The molecule has 0 radical (unpaired) electrons. The van der Waals surface area contributed by atoms with Crippen LogP contribution in [0, 0.1) is 5.92 Å². The second kappa shape index (κ2) is 5.59. The van der Waals surface area contributed by atoms with Crippen LogP contribution < -0.4 is 10.6 Å². The molecule has 2 N–H and O–H groups in total. The summed E-state index contributed by atoms with van der Waals surface area (Å²) in [5.41, 5.74) is 0. The van der Waals surface area contributed by atoms with E-state index in [0.717, 1.165) is 18.8 Å². The molecule has 3 amide bonds. The van der Waals surface area contributed by atoms with E-state index < -0.39 is 0 Å². The van der Waals surface area contributed by atoms with Gasteiger partial charge in [0.15, 0.2) is 0 Å². The summed E-state index contributed by atoms with van der Waals surface area (Å²) in [6.45, 7) is 5.11. The molecule has 1 aliphatic carbocycles. The van der Waals surface area contributed by atoms with E-state index in [0.29, 0.717) is 19.1 Å². The Morgan fingerprint density at radius 3 is 2.11 bits per heavy atom. The van der Waals surface area contributed by atoms with Crippen LogP contribution in [-0.4, -0.2) is 42.0 Å². The molecule has 1 saturated heterocycles. The van der Waals surface area contributed by atoms with Gasteiger partial charge >= 0.3 is 6.03 Å². The average Bonchev–Trinajstić information content (AvgIpc) is 2.25. The Morgan fingerprint density at radius 1 is 1.00 bits per heavy atom. The molecule has 2 fully saturated rings. The molecule has 1 saturated carbocycles. The van der Waals surface area contributed by atoms with Crippen molar-refractivity contribution >= 4 is 11.9 Å². The fraction of sp³-hybridized carbons (Fsp3) is 0.846. The van der Waals surface area contributed by atoms with E-state index in [1.807, 2.05) is 0 Å². The van der Waals surface area contributed by atoms with Gasteiger partial charge in [0, 0.05) is 26.1 Å². The second-order valence-corrected chi connectivity index (χ2v) is 5.70. The van der Waals surface area contributed by atoms with E-state index in [-0.39, 0.29) is 18.0 Å². The molecular weight excluding hydrogens is 230 g/mol. The first-order valence-corrected chi connectivity index (χ1v) is 6.87. The van der Waals surface area contributed by atoms with Crippen LogP contribution in [0.25, 0.3) is 0 Å². The van der Waals surface area contributed by atoms with Gasteiger partial charge in [-0.3, -0.25) is 4.79 Å². The summed E-state index contributed by atoms with van der Waals surface area (Å²) in [5, 5.41) is 5.94. The van der Waals surface area contributed by atoms with Crippen LogP contribution in [0.3, 0.4) is 0 Å². The molecule has 0 atom stereocenters. The Hall–Kier alpha value is -1.26. The van der Waals surface area contributed by atoms with E-state index in [1.165, 1.54) is 12.8 Å². The number of nitrogens with zero attached hydrogens (tertiary/aromatic N) is 1. The molecule has 5 nitrogen and oxygen atoms in total. The average molecular weight is 253 g/mol. The zero-order valence-corrected chi connectivity index (χ0v) is 11.2. The summed E-state index contributed by atoms with van der Waals surface area (Å²) in [6, 6.07) is 0.365. The number of nitrogens with one attached hydrogen (secondary N) is 2. The maximum atomic E-state index is 11.7. The quantitative estimate of drug-likeness (QED) is 0.774. The van der Waals surface area contributed by atoms with Crippen molar-refractivity contribution in [3.63, 3.8) is 0 Å². The lowest BCUT2D eigenvalue weighted by atomic mass is 9.87. The second-order valence-electron chi connectivity index (χ2n) is 5.70. The molecule has 2 rings (SSSR count). The predicted octanol–water partition coefficient (Wildman–Crippen LogP) is 1.09. The number of hydrogen-bond acceptors (Lipinski definition) is 2. The van der Waals surface area contributed by atoms with Crippen LogP contribution >= 0.6 is 0 Å². The minimum Gasteiger partial charge on any atom is -0.339 e. The van der Waals surface area contributed by atoms with E-state index in [9.17, 15) is 9.59 Å². The normalized spacial score (nSPS) is 28.4. The minimum absolute atomic E-state index is 0.0785. The van der Waals surface area contributed by atoms with E-state index >= 15 is 0 Å². The third-order valence-electron chi connectivity index (χ3n) is 4.01. The largest absolute Gasteiger partial charge is 0.339 e. The van der Waals surface area contributed by atoms with Crippen molar-refractivity contribution in [3.8, 4) is 0 Å². The van der Waals surface area contributed by atoms with Crippen LogP contribution in [0.4, 0.5) is 4.79 Å². The number of amides is 3. The standard InChI is InChI=1S/C13H23N3O2/c1-9-3-5-11(6-4-9)14-13(18)15-12-7-16(8-12)10(2)17/h9,11-12H,3-8H2,1-2H3,(H2,14,15,18). The molecule has 0 unspecified atom stereocenters. The van der Waals surface area contributed by atoms with Gasteiger partial charge in [-0.1, -0.05) is 6.92 Å². The summed E-state index contributed by atoms with van der Waals surface area (Å²) < 4.78 is 0. The van der Waals surface area contributed by atoms with E-state index in [2.05, 4.69) is 17.6 Å². The van der Waals surface area contributed by atoms with Gasteiger partial charge in [-0.2, -0.15) is 0 Å². The lowest BCUT2D eigenvalue weighted by molar-refractivity contribution is -0.133. The van der Waals surface area contributed by atoms with Crippen molar-refractivity contribution in [3.05, 3.63) is 0 Å². The molecule has 1 aliphatic heterocycles. The summed E-state index contributed by atoms with van der Waals surface area (Å²) in [4.78, 5) is 24.5. The number of carbonyl (C=O) groups is 2. The third kappa shape index (κ3) is 3.37. The van der Waals surface area contributed by atoms with Crippen LogP contribution in [0.5, 0.6) is 0 Å². The topological polar surface area (TPSA) is 61.4 Å². The highest BCUT2D eigenvalue weighted by molar-refractivity contribution is 5.77. The molecular formula is C13H23N3O2. The van der Waals surface area contributed by atoms with Crippen LogP contribution in [-0.2, 0) is 4.79 Å². The number of urea groups is 1. The van der Waals surface area contributed by atoms with Gasteiger partial charge in [-0.15, -0.1) is 0 Å². The first-order chi connectivity index (χ1) is 8.54. The highest BCUT2D eigenvalue weighted by atomic mass is 16.2. The van der Waals surface area contributed by atoms with Crippen molar-refractivity contribution < 1.29 is 9.59 Å². The predicted molar refractivity (Wildman–Crippen MR) is 69.1 cm³/mol. The molecule has 0 aromatic rings. The zero-order chi connectivity index (χ0) is 13.1. The first-order valence-electron chi connectivity index (χ1n) is 6.87. The van der Waals surface area contributed by atoms with Crippen molar-refractivity contribution in [2.75, 3.05) is 13.1 Å².